The number of aliphatic hydroxyl groups excluding tert-OH is 1. The summed E-state index contributed by atoms with van der Waals surface area (Å²) >= 11 is 13.9. The molecule has 0 radical (unpaired) electrons. The van der Waals surface area contributed by atoms with Gasteiger partial charge in [0.15, 0.2) is 0 Å². The van der Waals surface area contributed by atoms with Gasteiger partial charge >= 0.3 is 0 Å². The van der Waals surface area contributed by atoms with E-state index in [-0.39, 0.29) is 22.3 Å². The van der Waals surface area contributed by atoms with Gasteiger partial charge in [-0.15, -0.1) is 11.8 Å². The molecule has 0 saturated carbocycles. The van der Waals surface area contributed by atoms with Crippen molar-refractivity contribution in [2.45, 2.75) is 17.9 Å². The zero-order chi connectivity index (χ0) is 17.4. The first kappa shape index (κ1) is 22.1. The minimum absolute atomic E-state index is 0. The summed E-state index contributed by atoms with van der Waals surface area (Å²) < 4.78 is 0. The molecule has 0 spiro atoms. The minimum atomic E-state index is -0.00487. The Morgan fingerprint density at radius 3 is 2.12 bits per heavy atom. The van der Waals surface area contributed by atoms with Crippen LogP contribution in [0.15, 0.2) is 84.2 Å². The van der Waals surface area contributed by atoms with E-state index in [0.29, 0.717) is 21.6 Å². The molecule has 1 aliphatic rings. The van der Waals surface area contributed by atoms with Crippen LogP contribution < -0.4 is 0 Å². The Morgan fingerprint density at radius 1 is 1.08 bits per heavy atom. The fourth-order valence-electron chi connectivity index (χ4n) is 2.06. The zero-order valence-electron chi connectivity index (χ0n) is 13.7. The molecule has 1 atom stereocenters. The predicted molar refractivity (Wildman–Crippen MR) is 107 cm³/mol. The van der Waals surface area contributed by atoms with Crippen molar-refractivity contribution in [2.24, 2.45) is 0 Å². The molecule has 5 heteroatoms. The smallest absolute Gasteiger partial charge is 0.112 e. The van der Waals surface area contributed by atoms with Gasteiger partial charge in [-0.05, 0) is 24.6 Å². The van der Waals surface area contributed by atoms with Crippen molar-refractivity contribution in [3.8, 4) is 0 Å². The van der Waals surface area contributed by atoms with E-state index in [4.69, 9.17) is 23.2 Å². The Morgan fingerprint density at radius 2 is 1.64 bits per heavy atom. The van der Waals surface area contributed by atoms with E-state index < -0.39 is 0 Å². The molecule has 25 heavy (non-hydrogen) atoms. The number of hydrogen-bond donors (Lipinski definition) is 1. The van der Waals surface area contributed by atoms with Crippen LogP contribution in [-0.4, -0.2) is 10.4 Å². The Hall–Kier alpha value is -0.961. The van der Waals surface area contributed by atoms with Gasteiger partial charge in [-0.2, -0.15) is 18.2 Å². The molecule has 0 aliphatic heterocycles. The quantitative estimate of drug-likeness (QED) is 0.319. The van der Waals surface area contributed by atoms with E-state index >= 15 is 0 Å². The largest absolute Gasteiger partial charge is 0.511 e. The van der Waals surface area contributed by atoms with Crippen molar-refractivity contribution < 1.29 is 22.2 Å². The number of aliphatic hydroxyl groups is 1. The molecule has 1 nitrogen and oxygen atoms in total. The van der Waals surface area contributed by atoms with Crippen molar-refractivity contribution in [3.05, 3.63) is 99.8 Å². The molecule has 0 fully saturated rings. The topological polar surface area (TPSA) is 20.2 Å². The molecule has 1 aliphatic carbocycles. The van der Waals surface area contributed by atoms with Gasteiger partial charge in [-0.25, -0.2) is 12.1 Å². The number of thioether (sulfide) groups is 1. The maximum absolute atomic E-state index is 10.1. The maximum Gasteiger partial charge on any atom is 0.112 e. The number of allylic oxidation sites excluding steroid dienone is 5. The fraction of sp³-hybridized carbons (Fsp3) is 0.150. The summed E-state index contributed by atoms with van der Waals surface area (Å²) in [5.41, 5.74) is 1.78. The molecule has 3 rings (SSSR count). The van der Waals surface area contributed by atoms with E-state index in [1.165, 1.54) is 0 Å². The van der Waals surface area contributed by atoms with Crippen LogP contribution in [0, 0.1) is 0 Å². The summed E-state index contributed by atoms with van der Waals surface area (Å²) in [5.74, 6) is 1.06. The van der Waals surface area contributed by atoms with Crippen LogP contribution in [0.4, 0.5) is 0 Å². The summed E-state index contributed by atoms with van der Waals surface area (Å²) in [4.78, 5) is 0. The summed E-state index contributed by atoms with van der Waals surface area (Å²) in [5, 5.41) is 11.5. The van der Waals surface area contributed by atoms with Gasteiger partial charge in [0.25, 0.3) is 0 Å². The van der Waals surface area contributed by atoms with Gasteiger partial charge in [-0.1, -0.05) is 53.6 Å². The van der Waals surface area contributed by atoms with Crippen molar-refractivity contribution in [3.63, 3.8) is 0 Å². The SMILES string of the molecule is CC(SCc1c(Cl)cccc1Cl)C(O)=C1C=CC=C1.[Fe].c1cc[cH-]c1. The summed E-state index contributed by atoms with van der Waals surface area (Å²) in [7, 11) is 0. The van der Waals surface area contributed by atoms with Crippen molar-refractivity contribution in [1.82, 2.24) is 0 Å². The first-order valence-electron chi connectivity index (χ1n) is 7.58. The average Bonchev–Trinajstić information content (AvgIpc) is 3.29. The molecule has 1 N–H and O–H groups in total. The molecule has 2 aromatic carbocycles. The monoisotopic (exact) mass is 433 g/mol. The van der Waals surface area contributed by atoms with Crippen LogP contribution in [0.25, 0.3) is 0 Å². The Bertz CT molecular complexity index is 685. The first-order chi connectivity index (χ1) is 11.6. The molecular weight excluding hydrogens is 415 g/mol. The Balaban J connectivity index is 0.000000448. The molecule has 0 amide bonds. The molecule has 1 unspecified atom stereocenters. The minimum Gasteiger partial charge on any atom is -0.511 e. The third-order valence-corrected chi connectivity index (χ3v) is 5.33. The third kappa shape index (κ3) is 7.05. The van der Waals surface area contributed by atoms with Gasteiger partial charge in [0, 0.05) is 38.4 Å². The first-order valence-corrected chi connectivity index (χ1v) is 9.39. The van der Waals surface area contributed by atoms with Crippen LogP contribution in [0.5, 0.6) is 0 Å². The summed E-state index contributed by atoms with van der Waals surface area (Å²) in [6, 6.07) is 15.5. The second-order valence-electron chi connectivity index (χ2n) is 5.17. The van der Waals surface area contributed by atoms with E-state index in [9.17, 15) is 5.11 Å². The van der Waals surface area contributed by atoms with Gasteiger partial charge in [-0.3, -0.25) is 0 Å². The van der Waals surface area contributed by atoms with Gasteiger partial charge in [0.2, 0.25) is 0 Å². The Kier molecular flexibility index (Phi) is 10.3. The zero-order valence-corrected chi connectivity index (χ0v) is 17.1. The molecule has 134 valence electrons. The summed E-state index contributed by atoms with van der Waals surface area (Å²) in [6.07, 6.45) is 7.62. The normalized spacial score (nSPS) is 13.0. The molecule has 0 bridgehead atoms. The van der Waals surface area contributed by atoms with Crippen LogP contribution in [0.3, 0.4) is 0 Å². The van der Waals surface area contributed by atoms with E-state index in [2.05, 4.69) is 0 Å². The Labute approximate surface area is 174 Å². The van der Waals surface area contributed by atoms with Crippen molar-refractivity contribution in [2.75, 3.05) is 0 Å². The fourth-order valence-corrected chi connectivity index (χ4v) is 3.77. The van der Waals surface area contributed by atoms with E-state index in [1.807, 2.05) is 79.8 Å². The second kappa shape index (κ2) is 11.6. The standard InChI is InChI=1S/C15H14Cl2OS.C5H5.Fe/c1-10(15(18)11-5-2-3-6-11)19-9-12-13(16)7-4-8-14(12)17;1-2-4-5-3-1;/h2-8,10,18H,9H2,1H3;1-5H;/q;-1;. The molecule has 2 aromatic rings. The second-order valence-corrected chi connectivity index (χ2v) is 7.32. The van der Waals surface area contributed by atoms with Crippen LogP contribution in [0.1, 0.15) is 12.5 Å². The number of hydrogen-bond acceptors (Lipinski definition) is 2. The van der Waals surface area contributed by atoms with Crippen molar-refractivity contribution in [1.29, 1.82) is 0 Å². The van der Waals surface area contributed by atoms with Crippen LogP contribution in [-0.2, 0) is 22.8 Å². The summed E-state index contributed by atoms with van der Waals surface area (Å²) in [6.45, 7) is 1.97. The van der Waals surface area contributed by atoms with E-state index in [0.717, 1.165) is 11.1 Å². The molecule has 0 heterocycles. The predicted octanol–water partition coefficient (Wildman–Crippen LogP) is 6.96. The molecular formula is C20H19Cl2FeOS-. The number of benzene rings is 1. The van der Waals surface area contributed by atoms with E-state index in [1.54, 1.807) is 11.8 Å². The van der Waals surface area contributed by atoms with Gasteiger partial charge in [0.1, 0.15) is 5.76 Å². The average molecular weight is 434 g/mol. The van der Waals surface area contributed by atoms with Crippen LogP contribution >= 0.6 is 35.0 Å². The third-order valence-electron chi connectivity index (χ3n) is 3.44. The van der Waals surface area contributed by atoms with Gasteiger partial charge < -0.3 is 5.11 Å². The maximum atomic E-state index is 10.1. The van der Waals surface area contributed by atoms with Gasteiger partial charge in [0.05, 0.1) is 5.25 Å². The number of rotatable bonds is 4. The molecule has 0 saturated heterocycles. The van der Waals surface area contributed by atoms with Crippen molar-refractivity contribution >= 4 is 35.0 Å². The molecule has 0 aromatic heterocycles. The van der Waals surface area contributed by atoms with Crippen LogP contribution in [0.2, 0.25) is 10.0 Å². The number of halogens is 2.